The summed E-state index contributed by atoms with van der Waals surface area (Å²) in [6.45, 7) is -0.140. The van der Waals surface area contributed by atoms with Crippen LogP contribution in [0, 0.1) is 0 Å². The number of benzene rings is 1. The molecule has 0 aliphatic carbocycles. The summed E-state index contributed by atoms with van der Waals surface area (Å²) in [4.78, 5) is 16.1. The van der Waals surface area contributed by atoms with Crippen LogP contribution in [0.4, 0.5) is 0 Å². The molecule has 3 rings (SSSR count). The molecule has 0 fully saturated rings. The van der Waals surface area contributed by atoms with Crippen molar-refractivity contribution >= 4 is 40.5 Å². The molecule has 2 heterocycles. The van der Waals surface area contributed by atoms with Crippen LogP contribution in [0.2, 0.25) is 10.0 Å². The zero-order valence-electron chi connectivity index (χ0n) is 11.0. The average Bonchev–Trinajstić information content (AvgIpc) is 3.18. The number of halogens is 2. The van der Waals surface area contributed by atoms with Crippen molar-refractivity contribution in [2.24, 2.45) is 0 Å². The van der Waals surface area contributed by atoms with E-state index in [0.29, 0.717) is 5.82 Å². The Morgan fingerprint density at radius 3 is 2.95 bits per heavy atom. The van der Waals surface area contributed by atoms with Gasteiger partial charge in [0.1, 0.15) is 0 Å². The Morgan fingerprint density at radius 2 is 2.18 bits per heavy atom. The summed E-state index contributed by atoms with van der Waals surface area (Å²) in [5.74, 6) is 0.0450. The second-order valence-corrected chi connectivity index (χ2v) is 5.77. The summed E-state index contributed by atoms with van der Waals surface area (Å²) in [5, 5.41) is 8.06. The first kappa shape index (κ1) is 15.0. The van der Waals surface area contributed by atoms with E-state index < -0.39 is 5.97 Å². The topological polar surface area (TPSA) is 65.2 Å². The predicted molar refractivity (Wildman–Crippen MR) is 83.2 cm³/mol. The average molecular weight is 355 g/mol. The first-order chi connectivity index (χ1) is 10.6. The van der Waals surface area contributed by atoms with Gasteiger partial charge in [-0.2, -0.15) is 16.3 Å². The van der Waals surface area contributed by atoms with E-state index in [2.05, 4.69) is 10.1 Å². The largest absolute Gasteiger partial charge is 0.452 e. The van der Waals surface area contributed by atoms with Crippen LogP contribution in [0.25, 0.3) is 11.4 Å². The van der Waals surface area contributed by atoms with Crippen molar-refractivity contribution in [1.29, 1.82) is 0 Å². The van der Waals surface area contributed by atoms with E-state index in [1.807, 2.05) is 16.8 Å². The minimum atomic E-state index is -0.609. The monoisotopic (exact) mass is 354 g/mol. The maximum atomic E-state index is 12.0. The van der Waals surface area contributed by atoms with Gasteiger partial charge in [0.15, 0.2) is 6.61 Å². The SMILES string of the molecule is O=C(OCc1nc(-c2ccsc2)no1)c1cccc(Cl)c1Cl. The van der Waals surface area contributed by atoms with Crippen molar-refractivity contribution in [3.05, 3.63) is 56.5 Å². The van der Waals surface area contributed by atoms with Crippen molar-refractivity contribution in [2.75, 3.05) is 0 Å². The molecule has 3 aromatic rings. The van der Waals surface area contributed by atoms with Crippen LogP contribution < -0.4 is 0 Å². The van der Waals surface area contributed by atoms with Gasteiger partial charge in [-0.05, 0) is 23.6 Å². The van der Waals surface area contributed by atoms with Crippen molar-refractivity contribution in [3.8, 4) is 11.4 Å². The second-order valence-electron chi connectivity index (χ2n) is 4.20. The lowest BCUT2D eigenvalue weighted by atomic mass is 10.2. The summed E-state index contributed by atoms with van der Waals surface area (Å²) in [6.07, 6.45) is 0. The summed E-state index contributed by atoms with van der Waals surface area (Å²) < 4.78 is 10.1. The van der Waals surface area contributed by atoms with Crippen molar-refractivity contribution in [2.45, 2.75) is 6.61 Å². The molecule has 0 radical (unpaired) electrons. The zero-order valence-corrected chi connectivity index (χ0v) is 13.3. The number of nitrogens with zero attached hydrogens (tertiary/aromatic N) is 2. The van der Waals surface area contributed by atoms with Crippen LogP contribution in [0.15, 0.2) is 39.5 Å². The van der Waals surface area contributed by atoms with Crippen LogP contribution in [0.3, 0.4) is 0 Å². The molecule has 0 saturated carbocycles. The first-order valence-corrected chi connectivity index (χ1v) is 7.81. The molecule has 0 aliphatic rings. The van der Waals surface area contributed by atoms with E-state index >= 15 is 0 Å². The molecule has 0 atom stereocenters. The molecule has 1 aromatic carbocycles. The van der Waals surface area contributed by atoms with E-state index in [4.69, 9.17) is 32.5 Å². The number of carbonyl (C=O) groups excluding carboxylic acids is 1. The highest BCUT2D eigenvalue weighted by Gasteiger charge is 2.16. The third-order valence-corrected chi connectivity index (χ3v) is 4.25. The molecule has 0 amide bonds. The number of hydrogen-bond acceptors (Lipinski definition) is 6. The van der Waals surface area contributed by atoms with Crippen LogP contribution in [-0.2, 0) is 11.3 Å². The molecule has 2 aromatic heterocycles. The highest BCUT2D eigenvalue weighted by Crippen LogP contribution is 2.26. The summed E-state index contributed by atoms with van der Waals surface area (Å²) in [5.41, 5.74) is 1.04. The van der Waals surface area contributed by atoms with E-state index in [-0.39, 0.29) is 28.1 Å². The lowest BCUT2D eigenvalue weighted by molar-refractivity contribution is 0.0430. The van der Waals surface area contributed by atoms with Gasteiger partial charge in [-0.1, -0.05) is 34.4 Å². The fourth-order valence-corrected chi connectivity index (χ4v) is 2.70. The second kappa shape index (κ2) is 6.48. The van der Waals surface area contributed by atoms with Gasteiger partial charge >= 0.3 is 5.97 Å². The first-order valence-electron chi connectivity index (χ1n) is 6.11. The maximum absolute atomic E-state index is 12.0. The molecule has 22 heavy (non-hydrogen) atoms. The number of carbonyl (C=O) groups is 1. The van der Waals surface area contributed by atoms with Gasteiger partial charge in [-0.3, -0.25) is 0 Å². The van der Waals surface area contributed by atoms with Crippen LogP contribution in [-0.4, -0.2) is 16.1 Å². The third-order valence-electron chi connectivity index (χ3n) is 2.75. The van der Waals surface area contributed by atoms with Crippen LogP contribution >= 0.6 is 34.5 Å². The molecule has 0 N–H and O–H groups in total. The van der Waals surface area contributed by atoms with Crippen molar-refractivity contribution in [1.82, 2.24) is 10.1 Å². The Hall–Kier alpha value is -1.89. The fourth-order valence-electron chi connectivity index (χ4n) is 1.69. The Balaban J connectivity index is 1.68. The number of thiophene rings is 1. The molecule has 8 heteroatoms. The summed E-state index contributed by atoms with van der Waals surface area (Å²) in [6, 6.07) is 6.61. The highest BCUT2D eigenvalue weighted by atomic mass is 35.5. The number of esters is 1. The maximum Gasteiger partial charge on any atom is 0.340 e. The van der Waals surface area contributed by atoms with Crippen molar-refractivity contribution < 1.29 is 14.1 Å². The molecule has 0 spiro atoms. The van der Waals surface area contributed by atoms with Crippen LogP contribution in [0.1, 0.15) is 16.2 Å². The standard InChI is InChI=1S/C14H8Cl2N2O3S/c15-10-3-1-2-9(12(10)16)14(19)20-6-11-17-13(18-21-11)8-4-5-22-7-8/h1-5,7H,6H2. The number of rotatable bonds is 4. The van der Waals surface area contributed by atoms with Crippen LogP contribution in [0.5, 0.6) is 0 Å². The van der Waals surface area contributed by atoms with Gasteiger partial charge in [-0.15, -0.1) is 0 Å². The number of ether oxygens (including phenoxy) is 1. The molecule has 5 nitrogen and oxygen atoms in total. The van der Waals surface area contributed by atoms with Crippen molar-refractivity contribution in [3.63, 3.8) is 0 Å². The van der Waals surface area contributed by atoms with Gasteiger partial charge in [-0.25, -0.2) is 4.79 Å². The van der Waals surface area contributed by atoms with E-state index in [1.165, 1.54) is 17.4 Å². The lowest BCUT2D eigenvalue weighted by Gasteiger charge is -2.04. The Labute approximate surface area is 139 Å². The zero-order chi connectivity index (χ0) is 15.5. The lowest BCUT2D eigenvalue weighted by Crippen LogP contribution is -2.06. The minimum Gasteiger partial charge on any atom is -0.452 e. The molecule has 0 unspecified atom stereocenters. The fraction of sp³-hybridized carbons (Fsp3) is 0.0714. The van der Waals surface area contributed by atoms with Gasteiger partial charge in [0.05, 0.1) is 15.6 Å². The normalized spacial score (nSPS) is 10.6. The smallest absolute Gasteiger partial charge is 0.340 e. The van der Waals surface area contributed by atoms with Gasteiger partial charge < -0.3 is 9.26 Å². The third kappa shape index (κ3) is 3.14. The predicted octanol–water partition coefficient (Wildman–Crippen LogP) is 4.46. The quantitative estimate of drug-likeness (QED) is 0.647. The molecule has 0 bridgehead atoms. The minimum absolute atomic E-state index is 0.140. The Kier molecular flexibility index (Phi) is 4.42. The molecule has 112 valence electrons. The molecule has 0 aliphatic heterocycles. The summed E-state index contributed by atoms with van der Waals surface area (Å²) in [7, 11) is 0. The number of aromatic nitrogens is 2. The van der Waals surface area contributed by atoms with Gasteiger partial charge in [0, 0.05) is 10.9 Å². The van der Waals surface area contributed by atoms with E-state index in [1.54, 1.807) is 12.1 Å². The van der Waals surface area contributed by atoms with Gasteiger partial charge in [0.25, 0.3) is 5.89 Å². The van der Waals surface area contributed by atoms with E-state index in [9.17, 15) is 4.79 Å². The highest BCUT2D eigenvalue weighted by molar-refractivity contribution is 7.08. The molecule has 0 saturated heterocycles. The van der Waals surface area contributed by atoms with Gasteiger partial charge in [0.2, 0.25) is 5.82 Å². The number of hydrogen-bond donors (Lipinski definition) is 0. The Bertz CT molecular complexity index is 802. The Morgan fingerprint density at radius 1 is 1.32 bits per heavy atom. The van der Waals surface area contributed by atoms with E-state index in [0.717, 1.165) is 5.56 Å². The molecular weight excluding hydrogens is 347 g/mol. The molecular formula is C14H8Cl2N2O3S. The summed E-state index contributed by atoms with van der Waals surface area (Å²) >= 11 is 13.3.